The van der Waals surface area contributed by atoms with Gasteiger partial charge in [-0.2, -0.15) is 5.10 Å². The zero-order valence-electron chi connectivity index (χ0n) is 11.9. The Balaban J connectivity index is 1.89. The molecule has 3 rings (SSSR count). The first-order chi connectivity index (χ1) is 10.9. The van der Waals surface area contributed by atoms with Crippen molar-refractivity contribution in [1.82, 2.24) is 5.43 Å². The molecule has 2 aliphatic heterocycles. The van der Waals surface area contributed by atoms with Gasteiger partial charge in [0.25, 0.3) is 5.91 Å². The molecule has 1 fully saturated rings. The molecule has 2 amide bonds. The van der Waals surface area contributed by atoms with E-state index in [1.54, 1.807) is 0 Å². The van der Waals surface area contributed by atoms with Crippen LogP contribution in [0.3, 0.4) is 0 Å². The number of nitrogens with one attached hydrogen (secondary N) is 1. The third kappa shape index (κ3) is 2.46. The van der Waals surface area contributed by atoms with E-state index in [9.17, 15) is 14.4 Å². The Morgan fingerprint density at radius 1 is 1.30 bits per heavy atom. The molecule has 23 heavy (non-hydrogen) atoms. The summed E-state index contributed by atoms with van der Waals surface area (Å²) in [5, 5.41) is 4.38. The van der Waals surface area contributed by atoms with E-state index in [4.69, 9.17) is 23.2 Å². The van der Waals surface area contributed by atoms with Gasteiger partial charge in [0.2, 0.25) is 5.91 Å². The Kier molecular flexibility index (Phi) is 3.77. The maximum Gasteiger partial charge on any atom is 0.354 e. The standard InChI is InChI=1S/C14H11Cl2N3O4/c1-23-12(21)10-5-14(18-17-10)6-11(20)19(13(14)22)7-2-3-8(15)9(16)4-7/h2-4,18H,5-6H2,1H3/t14-/m0/s1. The van der Waals surface area contributed by atoms with Crippen LogP contribution in [0.25, 0.3) is 0 Å². The Morgan fingerprint density at radius 3 is 2.70 bits per heavy atom. The molecule has 120 valence electrons. The highest BCUT2D eigenvalue weighted by Gasteiger charge is 2.56. The Labute approximate surface area is 141 Å². The highest BCUT2D eigenvalue weighted by atomic mass is 35.5. The number of carbonyl (C=O) groups excluding carboxylic acids is 3. The first-order valence-electron chi connectivity index (χ1n) is 6.62. The van der Waals surface area contributed by atoms with Crippen molar-refractivity contribution in [3.63, 3.8) is 0 Å². The van der Waals surface area contributed by atoms with Crippen molar-refractivity contribution < 1.29 is 19.1 Å². The number of hydrogen-bond acceptors (Lipinski definition) is 6. The van der Waals surface area contributed by atoms with Crippen LogP contribution in [-0.2, 0) is 19.1 Å². The van der Waals surface area contributed by atoms with E-state index >= 15 is 0 Å². The fourth-order valence-electron chi connectivity index (χ4n) is 2.63. The summed E-state index contributed by atoms with van der Waals surface area (Å²) in [5.74, 6) is -1.55. The van der Waals surface area contributed by atoms with Crippen LogP contribution in [0.15, 0.2) is 23.3 Å². The third-order valence-electron chi connectivity index (χ3n) is 3.77. The van der Waals surface area contributed by atoms with Crippen molar-refractivity contribution >= 4 is 52.4 Å². The molecule has 0 unspecified atom stereocenters. The summed E-state index contributed by atoms with van der Waals surface area (Å²) in [6.45, 7) is 0. The number of methoxy groups -OCH3 is 1. The molecule has 9 heteroatoms. The van der Waals surface area contributed by atoms with E-state index < -0.39 is 23.3 Å². The molecule has 0 radical (unpaired) electrons. The van der Waals surface area contributed by atoms with E-state index in [-0.39, 0.29) is 23.6 Å². The first-order valence-corrected chi connectivity index (χ1v) is 7.38. The number of imide groups is 1. The maximum absolute atomic E-state index is 12.7. The molecule has 2 aliphatic rings. The molecule has 0 saturated carbocycles. The van der Waals surface area contributed by atoms with Gasteiger partial charge in [-0.3, -0.25) is 15.0 Å². The van der Waals surface area contributed by atoms with Crippen LogP contribution in [0.2, 0.25) is 10.0 Å². The summed E-state index contributed by atoms with van der Waals surface area (Å²) in [5.41, 5.74) is 1.75. The third-order valence-corrected chi connectivity index (χ3v) is 4.51. The second kappa shape index (κ2) is 5.50. The highest BCUT2D eigenvalue weighted by Crippen LogP contribution is 2.36. The SMILES string of the molecule is COC(=O)C1=NN[C@]2(CC(=O)N(c3ccc(Cl)c(Cl)c3)C2=O)C1. The number of nitrogens with zero attached hydrogens (tertiary/aromatic N) is 2. The highest BCUT2D eigenvalue weighted by molar-refractivity contribution is 6.42. The summed E-state index contributed by atoms with van der Waals surface area (Å²) in [6, 6.07) is 4.47. The lowest BCUT2D eigenvalue weighted by Gasteiger charge is -2.21. The second-order valence-electron chi connectivity index (χ2n) is 5.23. The van der Waals surface area contributed by atoms with E-state index in [0.717, 1.165) is 4.90 Å². The largest absolute Gasteiger partial charge is 0.464 e. The number of benzene rings is 1. The summed E-state index contributed by atoms with van der Waals surface area (Å²) < 4.78 is 4.59. The average molecular weight is 356 g/mol. The predicted octanol–water partition coefficient (Wildman–Crippen LogP) is 1.52. The molecule has 1 aromatic rings. The number of amides is 2. The van der Waals surface area contributed by atoms with E-state index in [2.05, 4.69) is 15.3 Å². The minimum atomic E-state index is -1.26. The molecule has 1 spiro atoms. The number of esters is 1. The van der Waals surface area contributed by atoms with Gasteiger partial charge in [-0.15, -0.1) is 0 Å². The van der Waals surface area contributed by atoms with Crippen molar-refractivity contribution in [2.45, 2.75) is 18.4 Å². The Bertz CT molecular complexity index is 764. The van der Waals surface area contributed by atoms with Gasteiger partial charge in [0.1, 0.15) is 11.3 Å². The van der Waals surface area contributed by atoms with Crippen molar-refractivity contribution in [2.24, 2.45) is 5.10 Å². The number of halogens is 2. The predicted molar refractivity (Wildman–Crippen MR) is 83.5 cm³/mol. The molecule has 1 saturated heterocycles. The van der Waals surface area contributed by atoms with Gasteiger partial charge in [0.15, 0.2) is 0 Å². The Hall–Kier alpha value is -2.12. The van der Waals surface area contributed by atoms with Gasteiger partial charge in [0.05, 0.1) is 29.3 Å². The van der Waals surface area contributed by atoms with Crippen molar-refractivity contribution in [3.8, 4) is 0 Å². The van der Waals surface area contributed by atoms with Crippen LogP contribution in [0.4, 0.5) is 5.69 Å². The van der Waals surface area contributed by atoms with Gasteiger partial charge in [0, 0.05) is 6.42 Å². The minimum Gasteiger partial charge on any atom is -0.464 e. The molecule has 1 atom stereocenters. The molecule has 2 heterocycles. The van der Waals surface area contributed by atoms with Crippen LogP contribution in [0, 0.1) is 0 Å². The second-order valence-corrected chi connectivity index (χ2v) is 6.04. The number of hydrogen-bond donors (Lipinski definition) is 1. The molecule has 0 aromatic heterocycles. The quantitative estimate of drug-likeness (QED) is 0.641. The molecule has 0 aliphatic carbocycles. The molecular formula is C14H11Cl2N3O4. The number of carbonyl (C=O) groups is 3. The van der Waals surface area contributed by atoms with Crippen LogP contribution in [-0.4, -0.2) is 36.1 Å². The summed E-state index contributed by atoms with van der Waals surface area (Å²) in [6.07, 6.45) is -0.127. The first kappa shape index (κ1) is 15.8. The lowest BCUT2D eigenvalue weighted by Crippen LogP contribution is -2.47. The molecule has 0 bridgehead atoms. The number of ether oxygens (including phenoxy) is 1. The zero-order chi connectivity index (χ0) is 16.8. The van der Waals surface area contributed by atoms with Crippen LogP contribution in [0.1, 0.15) is 12.8 Å². The summed E-state index contributed by atoms with van der Waals surface area (Å²) >= 11 is 11.8. The molecule has 7 nitrogen and oxygen atoms in total. The molecule has 1 N–H and O–H groups in total. The molecule has 1 aromatic carbocycles. The van der Waals surface area contributed by atoms with E-state index in [1.165, 1.54) is 25.3 Å². The average Bonchev–Trinajstić information content (AvgIpc) is 3.04. The normalized spacial score (nSPS) is 23.3. The van der Waals surface area contributed by atoms with Crippen molar-refractivity contribution in [3.05, 3.63) is 28.2 Å². The van der Waals surface area contributed by atoms with Gasteiger partial charge < -0.3 is 4.74 Å². The van der Waals surface area contributed by atoms with Gasteiger partial charge >= 0.3 is 5.97 Å². The van der Waals surface area contributed by atoms with Crippen LogP contribution in [0.5, 0.6) is 0 Å². The van der Waals surface area contributed by atoms with Crippen LogP contribution >= 0.6 is 23.2 Å². The van der Waals surface area contributed by atoms with E-state index in [0.29, 0.717) is 10.7 Å². The summed E-state index contributed by atoms with van der Waals surface area (Å²) in [4.78, 5) is 37.6. The van der Waals surface area contributed by atoms with Gasteiger partial charge in [-0.1, -0.05) is 23.2 Å². The van der Waals surface area contributed by atoms with Gasteiger partial charge in [-0.25, -0.2) is 9.69 Å². The number of hydrazone groups is 1. The fourth-order valence-corrected chi connectivity index (χ4v) is 2.92. The molecular weight excluding hydrogens is 345 g/mol. The lowest BCUT2D eigenvalue weighted by atomic mass is 9.93. The maximum atomic E-state index is 12.7. The zero-order valence-corrected chi connectivity index (χ0v) is 13.4. The fraction of sp³-hybridized carbons (Fsp3) is 0.286. The number of rotatable bonds is 2. The number of anilines is 1. The topological polar surface area (TPSA) is 88.1 Å². The van der Waals surface area contributed by atoms with Crippen LogP contribution < -0.4 is 10.3 Å². The summed E-state index contributed by atoms with van der Waals surface area (Å²) in [7, 11) is 1.22. The minimum absolute atomic E-state index is 0.0118. The Morgan fingerprint density at radius 2 is 2.04 bits per heavy atom. The monoisotopic (exact) mass is 355 g/mol. The lowest BCUT2D eigenvalue weighted by molar-refractivity contribution is -0.132. The van der Waals surface area contributed by atoms with Crippen molar-refractivity contribution in [2.75, 3.05) is 12.0 Å². The van der Waals surface area contributed by atoms with Crippen molar-refractivity contribution in [1.29, 1.82) is 0 Å². The van der Waals surface area contributed by atoms with Gasteiger partial charge in [-0.05, 0) is 18.2 Å². The smallest absolute Gasteiger partial charge is 0.354 e. The van der Waals surface area contributed by atoms with E-state index in [1.807, 2.05) is 0 Å².